The minimum atomic E-state index is -0.276. The molecule has 4 heteroatoms. The van der Waals surface area contributed by atoms with Crippen LogP contribution in [0.5, 0.6) is 5.75 Å². The van der Waals surface area contributed by atoms with E-state index in [1.54, 1.807) is 19.2 Å². The predicted octanol–water partition coefficient (Wildman–Crippen LogP) is 4.22. The van der Waals surface area contributed by atoms with Crippen molar-refractivity contribution in [3.05, 3.63) is 65.5 Å². The highest BCUT2D eigenvalue weighted by Gasteiger charge is 2.21. The van der Waals surface area contributed by atoms with Gasteiger partial charge in [0.1, 0.15) is 11.6 Å². The van der Waals surface area contributed by atoms with E-state index >= 15 is 0 Å². The van der Waals surface area contributed by atoms with Crippen molar-refractivity contribution < 1.29 is 13.9 Å². The van der Waals surface area contributed by atoms with Crippen molar-refractivity contribution >= 4 is 5.91 Å². The minimum absolute atomic E-state index is 0.102. The van der Waals surface area contributed by atoms with Gasteiger partial charge in [-0.15, -0.1) is 0 Å². The van der Waals surface area contributed by atoms with Crippen molar-refractivity contribution in [2.45, 2.75) is 26.2 Å². The predicted molar refractivity (Wildman–Crippen MR) is 93.8 cm³/mol. The number of ether oxygens (including phenoxy) is 1. The van der Waals surface area contributed by atoms with Crippen molar-refractivity contribution in [3.8, 4) is 5.75 Å². The Morgan fingerprint density at radius 3 is 1.96 bits per heavy atom. The second kappa shape index (κ2) is 8.48. The Labute approximate surface area is 143 Å². The molecule has 0 radical (unpaired) electrons. The SMILES string of the molecule is CCN(CC)C(=O)C[C@@H](c1ccc(F)cc1)c1ccc(OC)cc1. The smallest absolute Gasteiger partial charge is 0.223 e. The molecule has 2 aromatic carbocycles. The highest BCUT2D eigenvalue weighted by atomic mass is 19.1. The number of nitrogens with zero attached hydrogens (tertiary/aromatic N) is 1. The molecular formula is C20H24FNO2. The summed E-state index contributed by atoms with van der Waals surface area (Å²) in [6, 6.07) is 14.1. The topological polar surface area (TPSA) is 29.5 Å². The zero-order valence-electron chi connectivity index (χ0n) is 14.5. The summed E-state index contributed by atoms with van der Waals surface area (Å²) in [6.45, 7) is 5.32. The fourth-order valence-electron chi connectivity index (χ4n) is 2.84. The standard InChI is InChI=1S/C20H24FNO2/c1-4-22(5-2)20(23)14-19(15-6-10-17(21)11-7-15)16-8-12-18(24-3)13-9-16/h6-13,19H,4-5,14H2,1-3H3/t19-/m0/s1. The van der Waals surface area contributed by atoms with Gasteiger partial charge in [-0.3, -0.25) is 4.79 Å². The maximum Gasteiger partial charge on any atom is 0.223 e. The molecule has 0 aliphatic heterocycles. The molecule has 1 atom stereocenters. The Balaban J connectivity index is 2.33. The number of halogens is 1. The second-order valence-electron chi connectivity index (χ2n) is 5.65. The fourth-order valence-corrected chi connectivity index (χ4v) is 2.84. The lowest BCUT2D eigenvalue weighted by molar-refractivity contribution is -0.131. The third kappa shape index (κ3) is 4.34. The lowest BCUT2D eigenvalue weighted by Crippen LogP contribution is -2.31. The number of amides is 1. The molecule has 0 aliphatic carbocycles. The second-order valence-corrected chi connectivity index (χ2v) is 5.65. The number of rotatable bonds is 7. The summed E-state index contributed by atoms with van der Waals surface area (Å²) >= 11 is 0. The lowest BCUT2D eigenvalue weighted by atomic mass is 9.88. The summed E-state index contributed by atoms with van der Waals surface area (Å²) < 4.78 is 18.5. The Morgan fingerprint density at radius 2 is 1.50 bits per heavy atom. The summed E-state index contributed by atoms with van der Waals surface area (Å²) in [7, 11) is 1.62. The zero-order valence-corrected chi connectivity index (χ0v) is 14.5. The van der Waals surface area contributed by atoms with Gasteiger partial charge >= 0.3 is 0 Å². The minimum Gasteiger partial charge on any atom is -0.497 e. The summed E-state index contributed by atoms with van der Waals surface area (Å²) in [5, 5.41) is 0. The van der Waals surface area contributed by atoms with E-state index in [0.29, 0.717) is 19.5 Å². The zero-order chi connectivity index (χ0) is 17.5. The van der Waals surface area contributed by atoms with Gasteiger partial charge < -0.3 is 9.64 Å². The van der Waals surface area contributed by atoms with Gasteiger partial charge in [0.2, 0.25) is 5.91 Å². The largest absolute Gasteiger partial charge is 0.497 e. The van der Waals surface area contributed by atoms with Crippen molar-refractivity contribution in [2.75, 3.05) is 20.2 Å². The van der Waals surface area contributed by atoms with Crippen LogP contribution < -0.4 is 4.74 Å². The van der Waals surface area contributed by atoms with Crippen LogP contribution in [-0.4, -0.2) is 31.0 Å². The van der Waals surface area contributed by atoms with Gasteiger partial charge in [-0.05, 0) is 49.2 Å². The van der Waals surface area contributed by atoms with Gasteiger partial charge in [0, 0.05) is 25.4 Å². The van der Waals surface area contributed by atoms with Gasteiger partial charge in [0.25, 0.3) is 0 Å². The van der Waals surface area contributed by atoms with Gasteiger partial charge in [-0.1, -0.05) is 24.3 Å². The van der Waals surface area contributed by atoms with Crippen LogP contribution in [0.1, 0.15) is 37.3 Å². The molecule has 24 heavy (non-hydrogen) atoms. The first-order valence-corrected chi connectivity index (χ1v) is 8.26. The first kappa shape index (κ1) is 18.0. The normalized spacial score (nSPS) is 11.8. The molecule has 0 fully saturated rings. The van der Waals surface area contributed by atoms with Gasteiger partial charge in [0.05, 0.1) is 7.11 Å². The lowest BCUT2D eigenvalue weighted by Gasteiger charge is -2.23. The summed E-state index contributed by atoms with van der Waals surface area (Å²) in [4.78, 5) is 14.4. The molecule has 0 saturated carbocycles. The quantitative estimate of drug-likeness (QED) is 0.761. The number of hydrogen-bond donors (Lipinski definition) is 0. The Hall–Kier alpha value is -2.36. The first-order chi connectivity index (χ1) is 11.6. The highest BCUT2D eigenvalue weighted by Crippen LogP contribution is 2.30. The molecule has 1 amide bonds. The van der Waals surface area contributed by atoms with E-state index in [0.717, 1.165) is 16.9 Å². The number of hydrogen-bond acceptors (Lipinski definition) is 2. The van der Waals surface area contributed by atoms with E-state index in [9.17, 15) is 9.18 Å². The van der Waals surface area contributed by atoms with E-state index in [1.165, 1.54) is 12.1 Å². The molecule has 0 unspecified atom stereocenters. The molecule has 0 saturated heterocycles. The number of carbonyl (C=O) groups excluding carboxylic acids is 1. The molecule has 0 bridgehead atoms. The summed E-state index contributed by atoms with van der Waals surface area (Å²) in [5.74, 6) is 0.490. The fraction of sp³-hybridized carbons (Fsp3) is 0.350. The maximum atomic E-state index is 13.3. The van der Waals surface area contributed by atoms with E-state index < -0.39 is 0 Å². The Kier molecular flexibility index (Phi) is 6.36. The van der Waals surface area contributed by atoms with Crippen LogP contribution in [0, 0.1) is 5.82 Å². The average molecular weight is 329 g/mol. The van der Waals surface area contributed by atoms with Crippen LogP contribution in [0.2, 0.25) is 0 Å². The molecule has 0 heterocycles. The van der Waals surface area contributed by atoms with E-state index in [4.69, 9.17) is 4.74 Å². The Bertz CT molecular complexity index is 648. The van der Waals surface area contributed by atoms with Crippen molar-refractivity contribution in [1.29, 1.82) is 0 Å². The number of benzene rings is 2. The average Bonchev–Trinajstić information content (AvgIpc) is 2.62. The van der Waals surface area contributed by atoms with Gasteiger partial charge in [0.15, 0.2) is 0 Å². The summed E-state index contributed by atoms with van der Waals surface area (Å²) in [5.41, 5.74) is 1.95. The van der Waals surface area contributed by atoms with Crippen molar-refractivity contribution in [1.82, 2.24) is 4.90 Å². The van der Waals surface area contributed by atoms with Crippen LogP contribution in [-0.2, 0) is 4.79 Å². The van der Waals surface area contributed by atoms with Crippen molar-refractivity contribution in [3.63, 3.8) is 0 Å². The van der Waals surface area contributed by atoms with E-state index in [1.807, 2.05) is 43.0 Å². The molecule has 0 spiro atoms. The first-order valence-electron chi connectivity index (χ1n) is 8.26. The number of carbonyl (C=O) groups is 1. The monoisotopic (exact) mass is 329 g/mol. The van der Waals surface area contributed by atoms with Crippen LogP contribution in [0.3, 0.4) is 0 Å². The third-order valence-corrected chi connectivity index (χ3v) is 4.29. The van der Waals surface area contributed by atoms with E-state index in [-0.39, 0.29) is 17.6 Å². The number of methoxy groups -OCH3 is 1. The van der Waals surface area contributed by atoms with Crippen LogP contribution >= 0.6 is 0 Å². The molecule has 3 nitrogen and oxygen atoms in total. The van der Waals surface area contributed by atoms with Crippen LogP contribution in [0.15, 0.2) is 48.5 Å². The molecule has 0 aliphatic rings. The third-order valence-electron chi connectivity index (χ3n) is 4.29. The molecular weight excluding hydrogens is 305 g/mol. The summed E-state index contributed by atoms with van der Waals surface area (Å²) in [6.07, 6.45) is 0.361. The van der Waals surface area contributed by atoms with Crippen LogP contribution in [0.25, 0.3) is 0 Å². The maximum absolute atomic E-state index is 13.3. The van der Waals surface area contributed by atoms with Crippen LogP contribution in [0.4, 0.5) is 4.39 Å². The molecule has 0 N–H and O–H groups in total. The molecule has 128 valence electrons. The van der Waals surface area contributed by atoms with E-state index in [2.05, 4.69) is 0 Å². The molecule has 2 rings (SSSR count). The molecule has 0 aromatic heterocycles. The van der Waals surface area contributed by atoms with Crippen molar-refractivity contribution in [2.24, 2.45) is 0 Å². The highest BCUT2D eigenvalue weighted by molar-refractivity contribution is 5.77. The van der Waals surface area contributed by atoms with Gasteiger partial charge in [-0.25, -0.2) is 4.39 Å². The molecule has 2 aromatic rings. The Morgan fingerprint density at radius 1 is 1.00 bits per heavy atom. The van der Waals surface area contributed by atoms with Gasteiger partial charge in [-0.2, -0.15) is 0 Å².